The molecule has 0 saturated carbocycles. The topological polar surface area (TPSA) is 21.3 Å². The monoisotopic (exact) mass is 295 g/mol. The summed E-state index contributed by atoms with van der Waals surface area (Å²) in [5, 5.41) is 4.24. The second kappa shape index (κ2) is 6.29. The van der Waals surface area contributed by atoms with E-state index in [0.29, 0.717) is 28.1 Å². The summed E-state index contributed by atoms with van der Waals surface area (Å²) in [6.45, 7) is 2.66. The first-order valence-electron chi connectivity index (χ1n) is 5.98. The predicted octanol–water partition coefficient (Wildman–Crippen LogP) is 4.81. The summed E-state index contributed by atoms with van der Waals surface area (Å²) in [6, 6.07) is 11.3. The van der Waals surface area contributed by atoms with Crippen LogP contribution in [0.25, 0.3) is 0 Å². The van der Waals surface area contributed by atoms with E-state index in [2.05, 4.69) is 5.32 Å². The maximum atomic E-state index is 6.20. The van der Waals surface area contributed by atoms with Gasteiger partial charge in [-0.15, -0.1) is 0 Å². The van der Waals surface area contributed by atoms with Crippen molar-refractivity contribution in [3.05, 3.63) is 57.6 Å². The van der Waals surface area contributed by atoms with Gasteiger partial charge in [0.15, 0.2) is 5.75 Å². The minimum absolute atomic E-state index is 0.574. The molecular weight excluding hydrogens is 281 g/mol. The van der Waals surface area contributed by atoms with Crippen LogP contribution in [0.5, 0.6) is 11.5 Å². The molecule has 0 amide bonds. The molecule has 0 atom stereocenters. The Kier molecular flexibility index (Phi) is 4.70. The van der Waals surface area contributed by atoms with Gasteiger partial charge in [0.05, 0.1) is 10.0 Å². The van der Waals surface area contributed by atoms with Crippen LogP contribution in [0.3, 0.4) is 0 Å². The van der Waals surface area contributed by atoms with Crippen molar-refractivity contribution in [1.82, 2.24) is 5.32 Å². The van der Waals surface area contributed by atoms with Gasteiger partial charge in [-0.3, -0.25) is 0 Å². The van der Waals surface area contributed by atoms with Gasteiger partial charge < -0.3 is 10.1 Å². The highest BCUT2D eigenvalue weighted by Gasteiger charge is 2.11. The molecule has 2 aromatic rings. The number of hydrogen-bond donors (Lipinski definition) is 1. The van der Waals surface area contributed by atoms with Crippen LogP contribution in [0.15, 0.2) is 36.4 Å². The molecule has 0 fully saturated rings. The van der Waals surface area contributed by atoms with Crippen LogP contribution in [0.4, 0.5) is 0 Å². The third-order valence-electron chi connectivity index (χ3n) is 2.72. The van der Waals surface area contributed by atoms with Gasteiger partial charge in [0, 0.05) is 12.1 Å². The summed E-state index contributed by atoms with van der Waals surface area (Å²) in [4.78, 5) is 0. The Bertz CT molecular complexity index is 584. The molecule has 0 aliphatic carbocycles. The van der Waals surface area contributed by atoms with Gasteiger partial charge in [-0.2, -0.15) is 0 Å². The molecule has 0 spiro atoms. The Morgan fingerprint density at radius 3 is 2.58 bits per heavy atom. The molecule has 0 unspecified atom stereocenters. The zero-order chi connectivity index (χ0) is 13.8. The standard InChI is InChI=1S/C15H15Cl2NO/c1-10-6-7-14(13(17)8-10)19-15-11(9-18-2)4-3-5-12(15)16/h3-8,18H,9H2,1-2H3. The Balaban J connectivity index is 2.37. The van der Waals surface area contributed by atoms with Crippen molar-refractivity contribution in [1.29, 1.82) is 0 Å². The summed E-state index contributed by atoms with van der Waals surface area (Å²) in [6.07, 6.45) is 0. The van der Waals surface area contributed by atoms with Gasteiger partial charge in [0.2, 0.25) is 0 Å². The Morgan fingerprint density at radius 1 is 1.11 bits per heavy atom. The fourth-order valence-corrected chi connectivity index (χ4v) is 2.30. The maximum absolute atomic E-state index is 6.20. The average molecular weight is 296 g/mol. The van der Waals surface area contributed by atoms with E-state index in [0.717, 1.165) is 11.1 Å². The van der Waals surface area contributed by atoms with Crippen molar-refractivity contribution < 1.29 is 4.74 Å². The van der Waals surface area contributed by atoms with Gasteiger partial charge >= 0.3 is 0 Å². The Morgan fingerprint density at radius 2 is 1.89 bits per heavy atom. The summed E-state index contributed by atoms with van der Waals surface area (Å²) in [5.74, 6) is 1.25. The minimum Gasteiger partial charge on any atom is -0.454 e. The number of aryl methyl sites for hydroxylation is 1. The van der Waals surface area contributed by atoms with E-state index in [1.165, 1.54) is 0 Å². The van der Waals surface area contributed by atoms with Gasteiger partial charge in [-0.25, -0.2) is 0 Å². The lowest BCUT2D eigenvalue weighted by atomic mass is 10.2. The average Bonchev–Trinajstić information content (AvgIpc) is 2.36. The molecular formula is C15H15Cl2NO. The molecule has 0 bridgehead atoms. The molecule has 2 nitrogen and oxygen atoms in total. The molecule has 0 saturated heterocycles. The van der Waals surface area contributed by atoms with Crippen LogP contribution in [0, 0.1) is 6.92 Å². The lowest BCUT2D eigenvalue weighted by Crippen LogP contribution is -2.06. The van der Waals surface area contributed by atoms with E-state index in [1.807, 2.05) is 44.3 Å². The molecule has 100 valence electrons. The minimum atomic E-state index is 0.574. The van der Waals surface area contributed by atoms with E-state index in [-0.39, 0.29) is 0 Å². The molecule has 1 N–H and O–H groups in total. The lowest BCUT2D eigenvalue weighted by molar-refractivity contribution is 0.474. The molecule has 2 rings (SSSR count). The number of hydrogen-bond acceptors (Lipinski definition) is 2. The summed E-state index contributed by atoms with van der Waals surface area (Å²) >= 11 is 12.4. The first-order valence-corrected chi connectivity index (χ1v) is 6.73. The van der Waals surface area contributed by atoms with Gasteiger partial charge in [-0.1, -0.05) is 41.4 Å². The highest BCUT2D eigenvalue weighted by atomic mass is 35.5. The zero-order valence-corrected chi connectivity index (χ0v) is 12.3. The number of para-hydroxylation sites is 1. The SMILES string of the molecule is CNCc1cccc(Cl)c1Oc1ccc(C)cc1Cl. The molecule has 0 heterocycles. The lowest BCUT2D eigenvalue weighted by Gasteiger charge is -2.14. The molecule has 0 aliphatic heterocycles. The fraction of sp³-hybridized carbons (Fsp3) is 0.200. The van der Waals surface area contributed by atoms with Crippen LogP contribution in [-0.2, 0) is 6.54 Å². The van der Waals surface area contributed by atoms with Gasteiger partial charge in [0.1, 0.15) is 5.75 Å². The van der Waals surface area contributed by atoms with Crippen LogP contribution in [0.2, 0.25) is 10.0 Å². The first kappa shape index (κ1) is 14.2. The first-order chi connectivity index (χ1) is 9.11. The van der Waals surface area contributed by atoms with E-state index in [9.17, 15) is 0 Å². The summed E-state index contributed by atoms with van der Waals surface area (Å²) in [7, 11) is 1.88. The molecule has 0 aliphatic rings. The van der Waals surface area contributed by atoms with Crippen molar-refractivity contribution in [2.75, 3.05) is 7.05 Å². The summed E-state index contributed by atoms with van der Waals surface area (Å²) in [5.41, 5.74) is 2.08. The van der Waals surface area contributed by atoms with Crippen molar-refractivity contribution >= 4 is 23.2 Å². The third-order valence-corrected chi connectivity index (χ3v) is 3.31. The van der Waals surface area contributed by atoms with Crippen molar-refractivity contribution in [3.63, 3.8) is 0 Å². The Labute approximate surface area is 123 Å². The molecule has 2 aromatic carbocycles. The van der Waals surface area contributed by atoms with E-state index in [4.69, 9.17) is 27.9 Å². The number of rotatable bonds is 4. The van der Waals surface area contributed by atoms with Crippen LogP contribution >= 0.6 is 23.2 Å². The van der Waals surface area contributed by atoms with Crippen molar-refractivity contribution in [2.24, 2.45) is 0 Å². The van der Waals surface area contributed by atoms with E-state index in [1.54, 1.807) is 6.07 Å². The molecule has 19 heavy (non-hydrogen) atoms. The summed E-state index contributed by atoms with van der Waals surface area (Å²) < 4.78 is 5.87. The highest BCUT2D eigenvalue weighted by molar-refractivity contribution is 6.33. The fourth-order valence-electron chi connectivity index (χ4n) is 1.80. The van der Waals surface area contributed by atoms with Crippen LogP contribution in [-0.4, -0.2) is 7.05 Å². The largest absolute Gasteiger partial charge is 0.454 e. The van der Waals surface area contributed by atoms with Crippen molar-refractivity contribution in [2.45, 2.75) is 13.5 Å². The second-order valence-corrected chi connectivity index (χ2v) is 5.11. The third kappa shape index (κ3) is 3.41. The van der Waals surface area contributed by atoms with E-state index < -0.39 is 0 Å². The van der Waals surface area contributed by atoms with Gasteiger partial charge in [-0.05, 0) is 37.7 Å². The zero-order valence-electron chi connectivity index (χ0n) is 10.8. The van der Waals surface area contributed by atoms with Crippen LogP contribution in [0.1, 0.15) is 11.1 Å². The molecule has 0 radical (unpaired) electrons. The van der Waals surface area contributed by atoms with E-state index >= 15 is 0 Å². The van der Waals surface area contributed by atoms with Crippen LogP contribution < -0.4 is 10.1 Å². The number of ether oxygens (including phenoxy) is 1. The maximum Gasteiger partial charge on any atom is 0.150 e. The molecule has 0 aromatic heterocycles. The smallest absolute Gasteiger partial charge is 0.150 e. The second-order valence-electron chi connectivity index (χ2n) is 4.29. The quantitative estimate of drug-likeness (QED) is 0.874. The van der Waals surface area contributed by atoms with Gasteiger partial charge in [0.25, 0.3) is 0 Å². The number of benzene rings is 2. The normalized spacial score (nSPS) is 10.5. The Hall–Kier alpha value is -1.22. The molecule has 4 heteroatoms. The van der Waals surface area contributed by atoms with Crippen molar-refractivity contribution in [3.8, 4) is 11.5 Å². The highest BCUT2D eigenvalue weighted by Crippen LogP contribution is 2.36. The number of nitrogens with one attached hydrogen (secondary N) is 1. The number of halogens is 2. The predicted molar refractivity (Wildman–Crippen MR) is 80.5 cm³/mol.